The topological polar surface area (TPSA) is 35.0 Å². The number of rotatable bonds is 6. The van der Waals surface area contributed by atoms with E-state index in [0.29, 0.717) is 0 Å². The van der Waals surface area contributed by atoms with Crippen LogP contribution in [0.5, 0.6) is 0 Å². The lowest BCUT2D eigenvalue weighted by atomic mass is 10.3. The van der Waals surface area contributed by atoms with E-state index in [-0.39, 0.29) is 5.38 Å². The number of alkyl halides is 1. The average molecular weight is 235 g/mol. The molecule has 0 fully saturated rings. The van der Waals surface area contributed by atoms with Crippen molar-refractivity contribution in [2.24, 2.45) is 0 Å². The van der Waals surface area contributed by atoms with Crippen LogP contribution in [0.4, 0.5) is 0 Å². The van der Waals surface area contributed by atoms with Crippen LogP contribution < -0.4 is 0 Å². The molecule has 14 heavy (non-hydrogen) atoms. The van der Waals surface area contributed by atoms with Crippen molar-refractivity contribution < 1.29 is 4.74 Å². The Morgan fingerprint density at radius 3 is 2.86 bits per heavy atom. The highest BCUT2D eigenvalue weighted by Crippen LogP contribution is 2.23. The molecule has 0 spiro atoms. The third kappa shape index (κ3) is 3.90. The third-order valence-corrected chi connectivity index (χ3v) is 3.21. The first-order chi connectivity index (χ1) is 6.74. The molecule has 0 aliphatic rings. The van der Waals surface area contributed by atoms with E-state index in [1.165, 1.54) is 0 Å². The summed E-state index contributed by atoms with van der Waals surface area (Å²) in [6.07, 6.45) is 1.93. The standard InChI is InChI=1S/C9H15ClN2OS/c1-3-13-6-4-5-8-11-12-9(14-8)7(2)10/h7H,3-6H2,1-2H3. The van der Waals surface area contributed by atoms with E-state index in [2.05, 4.69) is 10.2 Å². The van der Waals surface area contributed by atoms with Crippen LogP contribution in [0.3, 0.4) is 0 Å². The maximum absolute atomic E-state index is 5.88. The van der Waals surface area contributed by atoms with Crippen molar-refractivity contribution in [1.82, 2.24) is 10.2 Å². The van der Waals surface area contributed by atoms with E-state index in [1.54, 1.807) is 11.3 Å². The third-order valence-electron chi connectivity index (χ3n) is 1.71. The van der Waals surface area contributed by atoms with Crippen LogP contribution in [0.2, 0.25) is 0 Å². The molecule has 0 radical (unpaired) electrons. The van der Waals surface area contributed by atoms with Crippen LogP contribution in [0.25, 0.3) is 0 Å². The van der Waals surface area contributed by atoms with Crippen LogP contribution in [0.1, 0.15) is 35.7 Å². The summed E-state index contributed by atoms with van der Waals surface area (Å²) in [6, 6.07) is 0. The molecule has 1 heterocycles. The highest BCUT2D eigenvalue weighted by Gasteiger charge is 2.08. The number of hydrogen-bond acceptors (Lipinski definition) is 4. The predicted octanol–water partition coefficient (Wildman–Crippen LogP) is 2.81. The first-order valence-electron chi connectivity index (χ1n) is 4.78. The van der Waals surface area contributed by atoms with Crippen LogP contribution in [-0.2, 0) is 11.2 Å². The van der Waals surface area contributed by atoms with E-state index in [9.17, 15) is 0 Å². The molecule has 0 aromatic carbocycles. The lowest BCUT2D eigenvalue weighted by Crippen LogP contribution is -1.95. The van der Waals surface area contributed by atoms with Crippen molar-refractivity contribution in [3.63, 3.8) is 0 Å². The molecule has 0 saturated carbocycles. The van der Waals surface area contributed by atoms with Gasteiger partial charge in [-0.2, -0.15) is 0 Å². The maximum atomic E-state index is 5.88. The second kappa shape index (κ2) is 6.32. The summed E-state index contributed by atoms with van der Waals surface area (Å²) in [5.74, 6) is 0. The Morgan fingerprint density at radius 2 is 2.29 bits per heavy atom. The Kier molecular flexibility index (Phi) is 5.37. The van der Waals surface area contributed by atoms with Crippen LogP contribution in [0, 0.1) is 0 Å². The summed E-state index contributed by atoms with van der Waals surface area (Å²) >= 11 is 7.47. The normalized spacial score (nSPS) is 13.1. The van der Waals surface area contributed by atoms with Crippen LogP contribution in [0.15, 0.2) is 0 Å². The first kappa shape index (κ1) is 11.9. The number of aromatic nitrogens is 2. The van der Waals surface area contributed by atoms with Gasteiger partial charge < -0.3 is 4.74 Å². The zero-order valence-corrected chi connectivity index (χ0v) is 10.1. The minimum atomic E-state index is -0.0341. The molecule has 0 aliphatic heterocycles. The van der Waals surface area contributed by atoms with Gasteiger partial charge in [0.15, 0.2) is 0 Å². The quantitative estimate of drug-likeness (QED) is 0.561. The predicted molar refractivity (Wildman–Crippen MR) is 59.0 cm³/mol. The Hall–Kier alpha value is -0.190. The van der Waals surface area contributed by atoms with E-state index >= 15 is 0 Å². The minimum Gasteiger partial charge on any atom is -0.382 e. The van der Waals surface area contributed by atoms with Crippen molar-refractivity contribution in [1.29, 1.82) is 0 Å². The number of ether oxygens (including phenoxy) is 1. The second-order valence-electron chi connectivity index (χ2n) is 2.95. The number of aryl methyl sites for hydroxylation is 1. The molecule has 1 rings (SSSR count). The molecule has 1 aromatic heterocycles. The molecule has 0 aliphatic carbocycles. The van der Waals surface area contributed by atoms with Gasteiger partial charge in [0.2, 0.25) is 0 Å². The molecular formula is C9H15ClN2OS. The van der Waals surface area contributed by atoms with Gasteiger partial charge in [0.05, 0.1) is 5.38 Å². The molecule has 3 nitrogen and oxygen atoms in total. The van der Waals surface area contributed by atoms with Crippen LogP contribution >= 0.6 is 22.9 Å². The molecular weight excluding hydrogens is 220 g/mol. The van der Waals surface area contributed by atoms with Crippen molar-refractivity contribution in [3.8, 4) is 0 Å². The maximum Gasteiger partial charge on any atom is 0.135 e. The van der Waals surface area contributed by atoms with Crippen LogP contribution in [-0.4, -0.2) is 23.4 Å². The van der Waals surface area contributed by atoms with Crippen molar-refractivity contribution in [2.75, 3.05) is 13.2 Å². The summed E-state index contributed by atoms with van der Waals surface area (Å²) in [5.41, 5.74) is 0. The van der Waals surface area contributed by atoms with Gasteiger partial charge in [-0.3, -0.25) is 0 Å². The van der Waals surface area contributed by atoms with E-state index < -0.39 is 0 Å². The fourth-order valence-electron chi connectivity index (χ4n) is 0.998. The molecule has 1 aromatic rings. The highest BCUT2D eigenvalue weighted by atomic mass is 35.5. The monoisotopic (exact) mass is 234 g/mol. The highest BCUT2D eigenvalue weighted by molar-refractivity contribution is 7.11. The lowest BCUT2D eigenvalue weighted by Gasteiger charge is -1.97. The Balaban J connectivity index is 2.29. The van der Waals surface area contributed by atoms with E-state index in [0.717, 1.165) is 36.1 Å². The summed E-state index contributed by atoms with van der Waals surface area (Å²) in [5, 5.41) is 9.99. The van der Waals surface area contributed by atoms with Gasteiger partial charge in [-0.1, -0.05) is 11.3 Å². The zero-order chi connectivity index (χ0) is 10.4. The molecule has 1 atom stereocenters. The average Bonchev–Trinajstić information content (AvgIpc) is 2.61. The summed E-state index contributed by atoms with van der Waals surface area (Å²) in [4.78, 5) is 0. The number of halogens is 1. The Bertz CT molecular complexity index is 265. The first-order valence-corrected chi connectivity index (χ1v) is 6.03. The molecule has 5 heteroatoms. The van der Waals surface area contributed by atoms with Crippen molar-refractivity contribution >= 4 is 22.9 Å². The fraction of sp³-hybridized carbons (Fsp3) is 0.778. The Morgan fingerprint density at radius 1 is 1.50 bits per heavy atom. The smallest absolute Gasteiger partial charge is 0.135 e. The fourth-order valence-corrected chi connectivity index (χ4v) is 1.99. The Labute approximate surface area is 93.5 Å². The molecule has 0 amide bonds. The van der Waals surface area contributed by atoms with E-state index in [4.69, 9.17) is 16.3 Å². The van der Waals surface area contributed by atoms with Crippen molar-refractivity contribution in [2.45, 2.75) is 32.1 Å². The van der Waals surface area contributed by atoms with Crippen molar-refractivity contribution in [3.05, 3.63) is 10.0 Å². The summed E-state index contributed by atoms with van der Waals surface area (Å²) < 4.78 is 5.24. The van der Waals surface area contributed by atoms with Gasteiger partial charge in [0.25, 0.3) is 0 Å². The van der Waals surface area contributed by atoms with Gasteiger partial charge in [0, 0.05) is 19.6 Å². The molecule has 0 N–H and O–H groups in total. The van der Waals surface area contributed by atoms with Gasteiger partial charge in [0.1, 0.15) is 10.0 Å². The van der Waals surface area contributed by atoms with Gasteiger partial charge in [-0.05, 0) is 20.3 Å². The molecule has 0 saturated heterocycles. The molecule has 0 bridgehead atoms. The minimum absolute atomic E-state index is 0.0341. The van der Waals surface area contributed by atoms with Gasteiger partial charge >= 0.3 is 0 Å². The van der Waals surface area contributed by atoms with Gasteiger partial charge in [-0.25, -0.2) is 0 Å². The molecule has 80 valence electrons. The largest absolute Gasteiger partial charge is 0.382 e. The SMILES string of the molecule is CCOCCCc1nnc(C(C)Cl)s1. The second-order valence-corrected chi connectivity index (χ2v) is 4.70. The number of nitrogens with zero attached hydrogens (tertiary/aromatic N) is 2. The van der Waals surface area contributed by atoms with E-state index in [1.807, 2.05) is 13.8 Å². The summed E-state index contributed by atoms with van der Waals surface area (Å²) in [6.45, 7) is 5.48. The molecule has 1 unspecified atom stereocenters. The summed E-state index contributed by atoms with van der Waals surface area (Å²) in [7, 11) is 0. The lowest BCUT2D eigenvalue weighted by molar-refractivity contribution is 0.145. The number of hydrogen-bond donors (Lipinski definition) is 0. The zero-order valence-electron chi connectivity index (χ0n) is 8.49. The van der Waals surface area contributed by atoms with Gasteiger partial charge in [-0.15, -0.1) is 21.8 Å².